The average molecular weight is 357 g/mol. The minimum absolute atomic E-state index is 0.113. The zero-order valence-electron chi connectivity index (χ0n) is 15.3. The molecule has 2 aliphatic rings. The molecule has 0 bridgehead atoms. The van der Waals surface area contributed by atoms with Crippen LogP contribution < -0.4 is 9.47 Å². The van der Waals surface area contributed by atoms with Crippen molar-refractivity contribution in [3.8, 4) is 17.6 Å². The summed E-state index contributed by atoms with van der Waals surface area (Å²) >= 11 is 0. The molecule has 0 N–H and O–H groups in total. The van der Waals surface area contributed by atoms with Crippen LogP contribution in [0.1, 0.15) is 44.7 Å². The summed E-state index contributed by atoms with van der Waals surface area (Å²) < 4.78 is 11.1. The predicted octanol–water partition coefficient (Wildman–Crippen LogP) is 2.23. The summed E-state index contributed by atoms with van der Waals surface area (Å²) in [6.07, 6.45) is 1.16. The lowest BCUT2D eigenvalue weighted by Gasteiger charge is -2.46. The second-order valence-electron chi connectivity index (χ2n) is 6.59. The number of ether oxygens (including phenoxy) is 2. The highest BCUT2D eigenvalue weighted by molar-refractivity contribution is 5.97. The van der Waals surface area contributed by atoms with E-state index in [9.17, 15) is 9.59 Å². The molecule has 1 unspecified atom stereocenters. The topological polar surface area (TPSA) is 82.9 Å². The van der Waals surface area contributed by atoms with E-state index in [2.05, 4.69) is 6.07 Å². The number of nitrogens with zero attached hydrogens (tertiary/aromatic N) is 3. The zero-order chi connectivity index (χ0) is 18.8. The van der Waals surface area contributed by atoms with Gasteiger partial charge in [0.1, 0.15) is 12.1 Å². The highest BCUT2D eigenvalue weighted by Gasteiger charge is 2.45. The number of amides is 2. The summed E-state index contributed by atoms with van der Waals surface area (Å²) in [7, 11) is 1.64. The molecular weight excluding hydrogens is 334 g/mol. The maximum atomic E-state index is 13.1. The van der Waals surface area contributed by atoms with Crippen LogP contribution in [0.15, 0.2) is 18.2 Å². The lowest BCUT2D eigenvalue weighted by Crippen LogP contribution is -2.63. The van der Waals surface area contributed by atoms with Crippen molar-refractivity contribution in [1.82, 2.24) is 9.80 Å². The minimum Gasteiger partial charge on any atom is -0.454 e. The predicted molar refractivity (Wildman–Crippen MR) is 93.3 cm³/mol. The number of para-hydroxylation sites is 1. The molecule has 3 atom stereocenters. The fourth-order valence-corrected chi connectivity index (χ4v) is 3.70. The van der Waals surface area contributed by atoms with Crippen LogP contribution in [0.3, 0.4) is 0 Å². The number of piperazine rings is 1. The van der Waals surface area contributed by atoms with Gasteiger partial charge >= 0.3 is 0 Å². The van der Waals surface area contributed by atoms with E-state index in [4.69, 9.17) is 14.7 Å². The number of benzene rings is 1. The Hall–Kier alpha value is -2.75. The Morgan fingerprint density at radius 1 is 1.31 bits per heavy atom. The van der Waals surface area contributed by atoms with Gasteiger partial charge in [-0.15, -0.1) is 0 Å². The molecule has 1 fully saturated rings. The largest absolute Gasteiger partial charge is 0.454 e. The van der Waals surface area contributed by atoms with Crippen LogP contribution in [0, 0.1) is 11.3 Å². The first-order valence-corrected chi connectivity index (χ1v) is 8.85. The van der Waals surface area contributed by atoms with E-state index >= 15 is 0 Å². The van der Waals surface area contributed by atoms with Crippen molar-refractivity contribution in [1.29, 1.82) is 5.26 Å². The molecule has 7 heteroatoms. The molecule has 2 heterocycles. The molecule has 2 amide bonds. The quantitative estimate of drug-likeness (QED) is 0.807. The van der Waals surface area contributed by atoms with Crippen LogP contribution in [-0.4, -0.2) is 47.5 Å². The molecule has 26 heavy (non-hydrogen) atoms. The fourth-order valence-electron chi connectivity index (χ4n) is 3.70. The third kappa shape index (κ3) is 2.85. The maximum Gasteiger partial charge on any atom is 0.246 e. The Morgan fingerprint density at radius 3 is 2.77 bits per heavy atom. The summed E-state index contributed by atoms with van der Waals surface area (Å²) in [6.45, 7) is 3.85. The summed E-state index contributed by atoms with van der Waals surface area (Å²) in [6, 6.07) is 6.17. The first-order chi connectivity index (χ1) is 12.5. The van der Waals surface area contributed by atoms with Crippen molar-refractivity contribution >= 4 is 11.8 Å². The Bertz CT molecular complexity index is 758. The lowest BCUT2D eigenvalue weighted by molar-refractivity contribution is -0.162. The molecule has 1 saturated heterocycles. The SMILES string of the molecule is CCC(c1cccc2c1OCO2)N1C(=O)[C@@H](C)N(C)C(=O)[C@@H]1CCC#N. The van der Waals surface area contributed by atoms with Crippen LogP contribution in [0.5, 0.6) is 11.5 Å². The number of rotatable bonds is 5. The molecule has 0 spiro atoms. The second kappa shape index (κ2) is 7.24. The van der Waals surface area contributed by atoms with Gasteiger partial charge in [0, 0.05) is 19.0 Å². The Balaban J connectivity index is 2.04. The van der Waals surface area contributed by atoms with E-state index in [-0.39, 0.29) is 31.1 Å². The second-order valence-corrected chi connectivity index (χ2v) is 6.59. The van der Waals surface area contributed by atoms with Gasteiger partial charge in [0.25, 0.3) is 0 Å². The van der Waals surface area contributed by atoms with Gasteiger partial charge in [0.05, 0.1) is 12.1 Å². The van der Waals surface area contributed by atoms with E-state index in [1.54, 1.807) is 18.9 Å². The van der Waals surface area contributed by atoms with Crippen molar-refractivity contribution in [3.63, 3.8) is 0 Å². The fraction of sp³-hybridized carbons (Fsp3) is 0.526. The summed E-state index contributed by atoms with van der Waals surface area (Å²) in [5.74, 6) is 1.04. The van der Waals surface area contributed by atoms with Crippen LogP contribution in [-0.2, 0) is 9.59 Å². The van der Waals surface area contributed by atoms with Crippen molar-refractivity contribution in [3.05, 3.63) is 23.8 Å². The molecule has 138 valence electrons. The number of likely N-dealkylation sites (N-methyl/N-ethyl adjacent to an activating group) is 1. The van der Waals surface area contributed by atoms with Gasteiger partial charge in [-0.25, -0.2) is 0 Å². The summed E-state index contributed by atoms with van der Waals surface area (Å²) in [5.41, 5.74) is 0.836. The van der Waals surface area contributed by atoms with Gasteiger partial charge in [-0.05, 0) is 25.8 Å². The number of hydrogen-bond donors (Lipinski definition) is 0. The van der Waals surface area contributed by atoms with E-state index in [0.717, 1.165) is 5.56 Å². The maximum absolute atomic E-state index is 13.1. The summed E-state index contributed by atoms with van der Waals surface area (Å²) in [5, 5.41) is 8.98. The Morgan fingerprint density at radius 2 is 2.08 bits per heavy atom. The normalized spacial score (nSPS) is 23.2. The third-order valence-corrected chi connectivity index (χ3v) is 5.20. The highest BCUT2D eigenvalue weighted by Crippen LogP contribution is 2.43. The Kier molecular flexibility index (Phi) is 5.03. The van der Waals surface area contributed by atoms with Crippen LogP contribution in [0.25, 0.3) is 0 Å². The highest BCUT2D eigenvalue weighted by atomic mass is 16.7. The van der Waals surface area contributed by atoms with Crippen molar-refractivity contribution in [2.75, 3.05) is 13.8 Å². The van der Waals surface area contributed by atoms with Gasteiger partial charge < -0.3 is 19.3 Å². The minimum atomic E-state index is -0.647. The summed E-state index contributed by atoms with van der Waals surface area (Å²) in [4.78, 5) is 29.1. The number of hydrogen-bond acceptors (Lipinski definition) is 5. The number of carbonyl (C=O) groups is 2. The smallest absolute Gasteiger partial charge is 0.246 e. The monoisotopic (exact) mass is 357 g/mol. The molecule has 7 nitrogen and oxygen atoms in total. The van der Waals surface area contributed by atoms with Gasteiger partial charge in [0.15, 0.2) is 11.5 Å². The van der Waals surface area contributed by atoms with Crippen LogP contribution >= 0.6 is 0 Å². The third-order valence-electron chi connectivity index (χ3n) is 5.20. The molecule has 0 aromatic heterocycles. The van der Waals surface area contributed by atoms with Crippen molar-refractivity contribution < 1.29 is 19.1 Å². The van der Waals surface area contributed by atoms with Gasteiger partial charge in [-0.3, -0.25) is 9.59 Å². The van der Waals surface area contributed by atoms with Gasteiger partial charge in [-0.1, -0.05) is 19.1 Å². The molecule has 2 aliphatic heterocycles. The molecule has 0 radical (unpaired) electrons. The average Bonchev–Trinajstić information content (AvgIpc) is 3.13. The first-order valence-electron chi connectivity index (χ1n) is 8.85. The molecule has 3 rings (SSSR count). The van der Waals surface area contributed by atoms with Crippen LogP contribution in [0.4, 0.5) is 0 Å². The van der Waals surface area contributed by atoms with E-state index in [0.29, 0.717) is 24.3 Å². The standard InChI is InChI=1S/C19H23N3O4/c1-4-14(13-7-5-9-16-17(13)26-11-25-16)22-15(8-6-10-20)19(24)21(3)12(2)18(22)23/h5,7,9,12,14-15H,4,6,8,11H2,1-3H3/t12-,14?,15+/m1/s1. The lowest BCUT2D eigenvalue weighted by atomic mass is 9.94. The molecule has 1 aromatic carbocycles. The zero-order valence-corrected chi connectivity index (χ0v) is 15.3. The van der Waals surface area contributed by atoms with Crippen molar-refractivity contribution in [2.24, 2.45) is 0 Å². The molecule has 1 aromatic rings. The van der Waals surface area contributed by atoms with Gasteiger partial charge in [-0.2, -0.15) is 5.26 Å². The van der Waals surface area contributed by atoms with E-state index in [1.165, 1.54) is 4.90 Å². The molecular formula is C19H23N3O4. The Labute approximate surface area is 153 Å². The van der Waals surface area contributed by atoms with Gasteiger partial charge in [0.2, 0.25) is 18.6 Å². The van der Waals surface area contributed by atoms with Crippen LogP contribution in [0.2, 0.25) is 0 Å². The van der Waals surface area contributed by atoms with E-state index < -0.39 is 12.1 Å². The molecule has 0 saturated carbocycles. The number of carbonyl (C=O) groups excluding carboxylic acids is 2. The number of nitriles is 1. The number of fused-ring (bicyclic) bond motifs is 1. The van der Waals surface area contributed by atoms with E-state index in [1.807, 2.05) is 25.1 Å². The molecule has 0 aliphatic carbocycles. The first kappa shape index (κ1) is 18.1. The van der Waals surface area contributed by atoms with Crippen molar-refractivity contribution in [2.45, 2.75) is 51.2 Å².